The lowest BCUT2D eigenvalue weighted by Crippen LogP contribution is -2.41. The van der Waals surface area contributed by atoms with Crippen LogP contribution in [0, 0.1) is 12.8 Å². The number of hydrogen-bond donors (Lipinski definition) is 1. The van der Waals surface area contributed by atoms with E-state index in [4.69, 9.17) is 4.74 Å². The van der Waals surface area contributed by atoms with E-state index in [0.29, 0.717) is 43.1 Å². The minimum absolute atomic E-state index is 0.0214. The summed E-state index contributed by atoms with van der Waals surface area (Å²) in [5, 5.41) is 2.84. The van der Waals surface area contributed by atoms with Crippen molar-refractivity contribution in [2.24, 2.45) is 5.92 Å². The van der Waals surface area contributed by atoms with Crippen molar-refractivity contribution in [2.45, 2.75) is 19.8 Å². The van der Waals surface area contributed by atoms with Crippen LogP contribution in [0.2, 0.25) is 0 Å². The fraction of sp³-hybridized carbons (Fsp3) is 0.350. The van der Waals surface area contributed by atoms with Crippen LogP contribution in [-0.4, -0.2) is 41.9 Å². The molecule has 2 aromatic rings. The molecule has 2 amide bonds. The molecule has 6 heteroatoms. The van der Waals surface area contributed by atoms with Crippen LogP contribution in [0.4, 0.5) is 5.82 Å². The van der Waals surface area contributed by atoms with Crippen LogP contribution in [0.1, 0.15) is 28.8 Å². The van der Waals surface area contributed by atoms with E-state index < -0.39 is 0 Å². The summed E-state index contributed by atoms with van der Waals surface area (Å²) in [6.45, 7) is 3.07. The van der Waals surface area contributed by atoms with Gasteiger partial charge in [0.2, 0.25) is 5.91 Å². The summed E-state index contributed by atoms with van der Waals surface area (Å²) in [4.78, 5) is 31.0. The maximum Gasteiger partial charge on any atom is 0.253 e. The predicted octanol–water partition coefficient (Wildman–Crippen LogP) is 2.89. The predicted molar refractivity (Wildman–Crippen MR) is 99.2 cm³/mol. The first kappa shape index (κ1) is 17.9. The smallest absolute Gasteiger partial charge is 0.253 e. The maximum atomic E-state index is 12.7. The van der Waals surface area contributed by atoms with Crippen molar-refractivity contribution in [1.82, 2.24) is 9.88 Å². The topological polar surface area (TPSA) is 71.5 Å². The van der Waals surface area contributed by atoms with Gasteiger partial charge in [0.25, 0.3) is 5.91 Å². The van der Waals surface area contributed by atoms with E-state index in [2.05, 4.69) is 10.3 Å². The molecule has 0 radical (unpaired) electrons. The first-order chi connectivity index (χ1) is 12.6. The number of carbonyl (C=O) groups is 2. The number of nitrogens with one attached hydrogen (secondary N) is 1. The van der Waals surface area contributed by atoms with Crippen LogP contribution in [0.15, 0.2) is 42.6 Å². The van der Waals surface area contributed by atoms with Crippen molar-refractivity contribution in [1.29, 1.82) is 0 Å². The van der Waals surface area contributed by atoms with E-state index >= 15 is 0 Å². The molecule has 1 fully saturated rings. The fourth-order valence-electron chi connectivity index (χ4n) is 3.15. The second-order valence-corrected chi connectivity index (χ2v) is 6.46. The van der Waals surface area contributed by atoms with E-state index in [0.717, 1.165) is 5.56 Å². The molecule has 1 aromatic carbocycles. The number of hydrogen-bond acceptors (Lipinski definition) is 4. The van der Waals surface area contributed by atoms with E-state index in [1.54, 1.807) is 36.4 Å². The van der Waals surface area contributed by atoms with Crippen molar-refractivity contribution < 1.29 is 14.3 Å². The van der Waals surface area contributed by atoms with Crippen LogP contribution in [0.3, 0.4) is 0 Å². The largest absolute Gasteiger partial charge is 0.496 e. The van der Waals surface area contributed by atoms with Gasteiger partial charge in [0.1, 0.15) is 11.6 Å². The molecule has 0 bridgehead atoms. The molecule has 2 heterocycles. The lowest BCUT2D eigenvalue weighted by atomic mass is 9.95. The Morgan fingerprint density at radius 2 is 1.96 bits per heavy atom. The van der Waals surface area contributed by atoms with Crippen molar-refractivity contribution >= 4 is 17.6 Å². The third-order valence-electron chi connectivity index (χ3n) is 4.72. The number of aromatic nitrogens is 1. The van der Waals surface area contributed by atoms with Gasteiger partial charge in [0, 0.05) is 30.8 Å². The number of rotatable bonds is 4. The third kappa shape index (κ3) is 4.02. The summed E-state index contributed by atoms with van der Waals surface area (Å²) in [5.74, 6) is 1.11. The third-order valence-corrected chi connectivity index (χ3v) is 4.72. The highest BCUT2D eigenvalue weighted by atomic mass is 16.5. The van der Waals surface area contributed by atoms with E-state index in [1.807, 2.05) is 25.1 Å². The molecular formula is C20H23N3O3. The average Bonchev–Trinajstić information content (AvgIpc) is 2.68. The summed E-state index contributed by atoms with van der Waals surface area (Å²) in [6, 6.07) is 10.9. The molecule has 3 rings (SSSR count). The Morgan fingerprint density at radius 3 is 2.62 bits per heavy atom. The second kappa shape index (κ2) is 7.99. The Bertz CT molecular complexity index is 784. The van der Waals surface area contributed by atoms with Gasteiger partial charge in [-0.2, -0.15) is 0 Å². The van der Waals surface area contributed by atoms with Crippen molar-refractivity contribution in [3.05, 3.63) is 53.7 Å². The molecule has 1 aliphatic heterocycles. The number of pyridine rings is 1. The fourth-order valence-corrected chi connectivity index (χ4v) is 3.15. The van der Waals surface area contributed by atoms with Gasteiger partial charge in [0.15, 0.2) is 0 Å². The van der Waals surface area contributed by atoms with E-state index in [-0.39, 0.29) is 17.7 Å². The molecule has 136 valence electrons. The average molecular weight is 353 g/mol. The standard InChI is InChI=1S/C20H23N3O3/c1-14-6-7-16(13-17(14)26-2)20(25)23-11-8-15(9-12-23)19(24)22-18-5-3-4-10-21-18/h3-7,10,13,15H,8-9,11-12H2,1-2H3,(H,21,22,24). The maximum absolute atomic E-state index is 12.7. The zero-order valence-corrected chi connectivity index (χ0v) is 15.1. The molecule has 1 saturated heterocycles. The first-order valence-corrected chi connectivity index (χ1v) is 8.74. The van der Waals surface area contributed by atoms with E-state index in [1.165, 1.54) is 0 Å². The summed E-state index contributed by atoms with van der Waals surface area (Å²) >= 11 is 0. The van der Waals surface area contributed by atoms with Gasteiger partial charge in [0.05, 0.1) is 7.11 Å². The lowest BCUT2D eigenvalue weighted by Gasteiger charge is -2.31. The zero-order chi connectivity index (χ0) is 18.5. The zero-order valence-electron chi connectivity index (χ0n) is 15.1. The molecule has 1 aromatic heterocycles. The normalized spacial score (nSPS) is 14.8. The van der Waals surface area contributed by atoms with Gasteiger partial charge in [-0.3, -0.25) is 9.59 Å². The molecule has 0 unspecified atom stereocenters. The van der Waals surface area contributed by atoms with Gasteiger partial charge in [-0.25, -0.2) is 4.98 Å². The summed E-state index contributed by atoms with van der Waals surface area (Å²) < 4.78 is 5.30. The molecule has 0 spiro atoms. The molecule has 0 saturated carbocycles. The van der Waals surface area contributed by atoms with Crippen LogP contribution in [-0.2, 0) is 4.79 Å². The molecule has 0 atom stereocenters. The highest BCUT2D eigenvalue weighted by Gasteiger charge is 2.28. The number of amides is 2. The Labute approximate surface area is 153 Å². The molecule has 6 nitrogen and oxygen atoms in total. The highest BCUT2D eigenvalue weighted by Crippen LogP contribution is 2.23. The van der Waals surface area contributed by atoms with Crippen molar-refractivity contribution in [2.75, 3.05) is 25.5 Å². The number of nitrogens with zero attached hydrogens (tertiary/aromatic N) is 2. The summed E-state index contributed by atoms with van der Waals surface area (Å²) in [7, 11) is 1.60. The molecule has 1 N–H and O–H groups in total. The van der Waals surface area contributed by atoms with Crippen LogP contribution in [0.5, 0.6) is 5.75 Å². The molecule has 1 aliphatic rings. The number of likely N-dealkylation sites (tertiary alicyclic amines) is 1. The lowest BCUT2D eigenvalue weighted by molar-refractivity contribution is -0.121. The van der Waals surface area contributed by atoms with Crippen LogP contribution < -0.4 is 10.1 Å². The Hall–Kier alpha value is -2.89. The number of benzene rings is 1. The minimum atomic E-state index is -0.103. The summed E-state index contributed by atoms with van der Waals surface area (Å²) in [5.41, 5.74) is 1.61. The second-order valence-electron chi connectivity index (χ2n) is 6.46. The van der Waals surface area contributed by atoms with E-state index in [9.17, 15) is 9.59 Å². The SMILES string of the molecule is COc1cc(C(=O)N2CCC(C(=O)Nc3ccccn3)CC2)ccc1C. The van der Waals surface area contributed by atoms with Gasteiger partial charge >= 0.3 is 0 Å². The Morgan fingerprint density at radius 1 is 1.19 bits per heavy atom. The minimum Gasteiger partial charge on any atom is -0.496 e. The molecule has 0 aliphatic carbocycles. The Balaban J connectivity index is 1.58. The molecule has 26 heavy (non-hydrogen) atoms. The number of methoxy groups -OCH3 is 1. The highest BCUT2D eigenvalue weighted by molar-refractivity contribution is 5.95. The van der Waals surface area contributed by atoms with Crippen molar-refractivity contribution in [3.8, 4) is 5.75 Å². The number of piperidine rings is 1. The van der Waals surface area contributed by atoms with Crippen LogP contribution in [0.25, 0.3) is 0 Å². The van der Waals surface area contributed by atoms with Gasteiger partial charge in [-0.15, -0.1) is 0 Å². The van der Waals surface area contributed by atoms with Gasteiger partial charge < -0.3 is 15.0 Å². The monoisotopic (exact) mass is 353 g/mol. The van der Waals surface area contributed by atoms with Gasteiger partial charge in [-0.05, 0) is 49.6 Å². The number of carbonyl (C=O) groups excluding carboxylic acids is 2. The Kier molecular flexibility index (Phi) is 5.51. The van der Waals surface area contributed by atoms with Gasteiger partial charge in [-0.1, -0.05) is 12.1 Å². The number of aryl methyl sites for hydroxylation is 1. The first-order valence-electron chi connectivity index (χ1n) is 8.74. The van der Waals surface area contributed by atoms with Crippen molar-refractivity contribution in [3.63, 3.8) is 0 Å². The quantitative estimate of drug-likeness (QED) is 0.917. The number of anilines is 1. The van der Waals surface area contributed by atoms with Crippen LogP contribution >= 0.6 is 0 Å². The summed E-state index contributed by atoms with van der Waals surface area (Å²) in [6.07, 6.45) is 2.94. The number of ether oxygens (including phenoxy) is 1. The molecular weight excluding hydrogens is 330 g/mol.